The molecule has 5 heterocycles. The Bertz CT molecular complexity index is 1410. The summed E-state index contributed by atoms with van der Waals surface area (Å²) in [4.78, 5) is 37.5. The summed E-state index contributed by atoms with van der Waals surface area (Å²) in [5, 5.41) is 3.32. The van der Waals surface area contributed by atoms with Crippen molar-refractivity contribution in [3.8, 4) is 22.8 Å². The zero-order valence-corrected chi connectivity index (χ0v) is 21.2. The second-order valence-electron chi connectivity index (χ2n) is 9.91. The van der Waals surface area contributed by atoms with Gasteiger partial charge in [0, 0.05) is 53.5 Å². The highest BCUT2D eigenvalue weighted by Crippen LogP contribution is 2.45. The number of hydrogen-bond donors (Lipinski definition) is 1. The molecule has 1 fully saturated rings. The summed E-state index contributed by atoms with van der Waals surface area (Å²) in [5.41, 5.74) is 5.22. The number of rotatable bonds is 4. The van der Waals surface area contributed by atoms with Gasteiger partial charge in [0.15, 0.2) is 0 Å². The second-order valence-corrected chi connectivity index (χ2v) is 9.91. The number of nitrogens with zero attached hydrogens (tertiary/aromatic N) is 4. The Balaban J connectivity index is 1.28. The van der Waals surface area contributed by atoms with Crippen LogP contribution in [0.3, 0.4) is 0 Å². The molecule has 190 valence electrons. The van der Waals surface area contributed by atoms with E-state index in [1.807, 2.05) is 62.2 Å². The molecule has 9 nitrogen and oxygen atoms in total. The number of ether oxygens (including phenoxy) is 2. The predicted octanol–water partition coefficient (Wildman–Crippen LogP) is 4.85. The van der Waals surface area contributed by atoms with Crippen LogP contribution in [0.15, 0.2) is 42.7 Å². The molecular weight excluding hydrogens is 470 g/mol. The third kappa shape index (κ3) is 4.14. The Morgan fingerprint density at radius 3 is 2.76 bits per heavy atom. The number of aromatic nitrogens is 2. The van der Waals surface area contributed by atoms with E-state index in [9.17, 15) is 9.59 Å². The van der Waals surface area contributed by atoms with Crippen molar-refractivity contribution in [2.24, 2.45) is 5.92 Å². The van der Waals surface area contributed by atoms with E-state index in [4.69, 9.17) is 9.47 Å². The lowest BCUT2D eigenvalue weighted by atomic mass is 9.94. The molecule has 37 heavy (non-hydrogen) atoms. The summed E-state index contributed by atoms with van der Waals surface area (Å²) in [7, 11) is 0. The lowest BCUT2D eigenvalue weighted by Crippen LogP contribution is -2.40. The molecule has 1 N–H and O–H groups in total. The maximum atomic E-state index is 12.7. The number of amides is 2. The minimum absolute atomic E-state index is 0.0392. The fraction of sp³-hybridized carbons (Fsp3) is 0.357. The second kappa shape index (κ2) is 9.06. The number of benzene rings is 1. The van der Waals surface area contributed by atoms with Crippen LogP contribution in [0.25, 0.3) is 11.1 Å². The molecule has 0 bridgehead atoms. The van der Waals surface area contributed by atoms with Crippen LogP contribution in [0.4, 0.5) is 22.9 Å². The van der Waals surface area contributed by atoms with E-state index in [-0.39, 0.29) is 23.8 Å². The van der Waals surface area contributed by atoms with Crippen molar-refractivity contribution in [3.05, 3.63) is 48.3 Å². The van der Waals surface area contributed by atoms with Crippen LogP contribution in [-0.4, -0.2) is 41.5 Å². The van der Waals surface area contributed by atoms with Crippen LogP contribution >= 0.6 is 0 Å². The van der Waals surface area contributed by atoms with Crippen molar-refractivity contribution in [2.75, 3.05) is 34.8 Å². The summed E-state index contributed by atoms with van der Waals surface area (Å²) in [6.07, 6.45) is 4.81. The monoisotopic (exact) mass is 499 g/mol. The third-order valence-corrected chi connectivity index (χ3v) is 7.03. The third-order valence-electron chi connectivity index (χ3n) is 7.03. The number of fused-ring (bicyclic) bond motifs is 4. The van der Waals surface area contributed by atoms with Gasteiger partial charge in [-0.25, -0.2) is 9.97 Å². The molecule has 0 spiro atoms. The first kappa shape index (κ1) is 23.3. The van der Waals surface area contributed by atoms with E-state index in [0.717, 1.165) is 41.1 Å². The molecular formula is C28H29N5O4. The van der Waals surface area contributed by atoms with Gasteiger partial charge in [-0.15, -0.1) is 0 Å². The Morgan fingerprint density at radius 1 is 1.11 bits per heavy atom. The van der Waals surface area contributed by atoms with Gasteiger partial charge in [-0.1, -0.05) is 13.8 Å². The highest BCUT2D eigenvalue weighted by atomic mass is 16.5. The molecule has 1 saturated heterocycles. The molecule has 3 aromatic rings. The normalized spacial score (nSPS) is 18.1. The van der Waals surface area contributed by atoms with Crippen LogP contribution < -0.4 is 24.6 Å². The minimum atomic E-state index is -0.190. The summed E-state index contributed by atoms with van der Waals surface area (Å²) in [6, 6.07) is 9.79. The standard InChI is InChI=1S/C28H29N5O4/c1-16(2)28(35)33-9-10-36-27-23(33)11-18(14-30-27)31-25-13-21-17(3)37-24-12-19(32-8-4-5-26(32)34)6-7-20(24)22(21)15-29-25/h6-7,11-17H,4-5,8-10H2,1-3H3,(H,29,31). The molecule has 1 atom stereocenters. The number of carbonyl (C=O) groups is 2. The van der Waals surface area contributed by atoms with Crippen molar-refractivity contribution in [2.45, 2.75) is 39.7 Å². The Kier molecular flexibility index (Phi) is 5.70. The average molecular weight is 500 g/mol. The van der Waals surface area contributed by atoms with Crippen LogP contribution in [0, 0.1) is 5.92 Å². The Hall–Kier alpha value is -4.14. The lowest BCUT2D eigenvalue weighted by molar-refractivity contribution is -0.121. The molecule has 1 unspecified atom stereocenters. The zero-order valence-electron chi connectivity index (χ0n) is 21.2. The number of pyridine rings is 2. The van der Waals surface area contributed by atoms with Gasteiger partial charge < -0.3 is 24.6 Å². The average Bonchev–Trinajstić information content (AvgIpc) is 3.33. The highest BCUT2D eigenvalue weighted by Gasteiger charge is 2.29. The zero-order chi connectivity index (χ0) is 25.7. The molecule has 2 amide bonds. The largest absolute Gasteiger partial charge is 0.485 e. The van der Waals surface area contributed by atoms with E-state index in [0.29, 0.717) is 42.6 Å². The SMILES string of the molecule is CC(C)C(=O)N1CCOc2ncc(Nc3cc4c(cn3)-c3ccc(N5CCCC5=O)cc3OC4C)cc21. The van der Waals surface area contributed by atoms with Gasteiger partial charge in [0.2, 0.25) is 17.7 Å². The van der Waals surface area contributed by atoms with Crippen LogP contribution in [-0.2, 0) is 9.59 Å². The van der Waals surface area contributed by atoms with Gasteiger partial charge in [-0.05, 0) is 37.6 Å². The van der Waals surface area contributed by atoms with Crippen molar-refractivity contribution in [3.63, 3.8) is 0 Å². The molecule has 0 radical (unpaired) electrons. The first-order chi connectivity index (χ1) is 17.9. The topological polar surface area (TPSA) is 96.9 Å². The summed E-state index contributed by atoms with van der Waals surface area (Å²) >= 11 is 0. The molecule has 9 heteroatoms. The molecule has 3 aliphatic rings. The van der Waals surface area contributed by atoms with Gasteiger partial charge in [-0.2, -0.15) is 0 Å². The summed E-state index contributed by atoms with van der Waals surface area (Å²) in [5.74, 6) is 1.93. The fourth-order valence-electron chi connectivity index (χ4n) is 5.13. The van der Waals surface area contributed by atoms with E-state index in [2.05, 4.69) is 15.3 Å². The Labute approximate surface area is 215 Å². The summed E-state index contributed by atoms with van der Waals surface area (Å²) in [6.45, 7) is 7.44. The molecule has 1 aromatic carbocycles. The van der Waals surface area contributed by atoms with Gasteiger partial charge in [0.25, 0.3) is 0 Å². The van der Waals surface area contributed by atoms with E-state index >= 15 is 0 Å². The smallest absolute Gasteiger partial charge is 0.238 e. The molecule has 2 aromatic heterocycles. The van der Waals surface area contributed by atoms with E-state index in [1.54, 1.807) is 11.1 Å². The van der Waals surface area contributed by atoms with Crippen LogP contribution in [0.2, 0.25) is 0 Å². The number of anilines is 4. The minimum Gasteiger partial charge on any atom is -0.485 e. The van der Waals surface area contributed by atoms with E-state index < -0.39 is 0 Å². The van der Waals surface area contributed by atoms with Crippen molar-refractivity contribution >= 4 is 34.7 Å². The van der Waals surface area contributed by atoms with Crippen molar-refractivity contribution in [1.82, 2.24) is 9.97 Å². The van der Waals surface area contributed by atoms with Gasteiger partial charge in [0.1, 0.15) is 30.0 Å². The van der Waals surface area contributed by atoms with E-state index in [1.165, 1.54) is 0 Å². The van der Waals surface area contributed by atoms with Crippen molar-refractivity contribution < 1.29 is 19.1 Å². The predicted molar refractivity (Wildman–Crippen MR) is 141 cm³/mol. The number of nitrogens with one attached hydrogen (secondary N) is 1. The lowest BCUT2D eigenvalue weighted by Gasteiger charge is -2.30. The van der Waals surface area contributed by atoms with Crippen molar-refractivity contribution in [1.29, 1.82) is 0 Å². The van der Waals surface area contributed by atoms with Crippen LogP contribution in [0.1, 0.15) is 45.3 Å². The fourth-order valence-corrected chi connectivity index (χ4v) is 5.13. The Morgan fingerprint density at radius 2 is 1.97 bits per heavy atom. The first-order valence-electron chi connectivity index (χ1n) is 12.7. The molecule has 0 saturated carbocycles. The number of hydrogen-bond acceptors (Lipinski definition) is 7. The van der Waals surface area contributed by atoms with Gasteiger partial charge >= 0.3 is 0 Å². The quantitative estimate of drug-likeness (QED) is 0.548. The summed E-state index contributed by atoms with van der Waals surface area (Å²) < 4.78 is 11.9. The molecule has 6 rings (SSSR count). The van der Waals surface area contributed by atoms with Crippen LogP contribution in [0.5, 0.6) is 11.6 Å². The maximum absolute atomic E-state index is 12.7. The molecule has 3 aliphatic heterocycles. The van der Waals surface area contributed by atoms with Gasteiger partial charge in [0.05, 0.1) is 18.4 Å². The first-order valence-corrected chi connectivity index (χ1v) is 12.7. The highest BCUT2D eigenvalue weighted by molar-refractivity contribution is 5.97. The molecule has 0 aliphatic carbocycles. The number of carbonyl (C=O) groups excluding carboxylic acids is 2. The van der Waals surface area contributed by atoms with Gasteiger partial charge in [-0.3, -0.25) is 9.59 Å². The maximum Gasteiger partial charge on any atom is 0.238 e.